The number of halogens is 1. The molecule has 0 atom stereocenters. The molecule has 0 bridgehead atoms. The van der Waals surface area contributed by atoms with Crippen molar-refractivity contribution in [3.8, 4) is 0 Å². The molecule has 3 rings (SSSR count). The zero-order valence-corrected chi connectivity index (χ0v) is 13.2. The molecule has 1 aromatic heterocycles. The quantitative estimate of drug-likeness (QED) is 0.907. The van der Waals surface area contributed by atoms with Crippen LogP contribution in [0.15, 0.2) is 28.7 Å². The van der Waals surface area contributed by atoms with E-state index < -0.39 is 0 Å². The summed E-state index contributed by atoms with van der Waals surface area (Å²) in [5.74, 6) is 0.659. The molecule has 3 nitrogen and oxygen atoms in total. The lowest BCUT2D eigenvalue weighted by Gasteiger charge is -2.36. The molecule has 0 spiro atoms. The van der Waals surface area contributed by atoms with Gasteiger partial charge in [0, 0.05) is 10.5 Å². The summed E-state index contributed by atoms with van der Waals surface area (Å²) in [6.07, 6.45) is 3.30. The lowest BCUT2D eigenvalue weighted by atomic mass is 9.76. The number of nitrogens with zero attached hydrogens (tertiary/aromatic N) is 2. The van der Waals surface area contributed by atoms with Gasteiger partial charge in [-0.05, 0) is 36.8 Å². The second kappa shape index (κ2) is 5.59. The van der Waals surface area contributed by atoms with Gasteiger partial charge >= 0.3 is 0 Å². The Labute approximate surface area is 125 Å². The Hall–Kier alpha value is -0.940. The number of hydrogen-bond acceptors (Lipinski definition) is 4. The number of hydrogen-bond donors (Lipinski definition) is 1. The highest BCUT2D eigenvalue weighted by atomic mass is 79.9. The molecule has 0 aliphatic heterocycles. The van der Waals surface area contributed by atoms with Gasteiger partial charge in [0.05, 0.1) is 0 Å². The zero-order valence-electron chi connectivity index (χ0n) is 10.8. The number of anilines is 1. The fourth-order valence-corrected chi connectivity index (χ4v) is 3.79. The Morgan fingerprint density at radius 3 is 2.79 bits per heavy atom. The molecule has 1 heterocycles. The highest BCUT2D eigenvalue weighted by Crippen LogP contribution is 2.41. The third kappa shape index (κ3) is 2.82. The van der Waals surface area contributed by atoms with Gasteiger partial charge in [0.15, 0.2) is 0 Å². The van der Waals surface area contributed by atoms with Crippen LogP contribution in [0.5, 0.6) is 0 Å². The molecular formula is C14H16BrN3S. The van der Waals surface area contributed by atoms with Crippen LogP contribution >= 0.6 is 27.3 Å². The van der Waals surface area contributed by atoms with Crippen molar-refractivity contribution in [2.24, 2.45) is 0 Å². The van der Waals surface area contributed by atoms with Crippen molar-refractivity contribution in [2.45, 2.75) is 38.1 Å². The average molecular weight is 338 g/mol. The van der Waals surface area contributed by atoms with E-state index in [0.717, 1.165) is 16.6 Å². The van der Waals surface area contributed by atoms with Gasteiger partial charge in [-0.2, -0.15) is 0 Å². The Bertz CT molecular complexity index is 563. The van der Waals surface area contributed by atoms with E-state index in [0.29, 0.717) is 12.0 Å². The second-order valence-corrected chi connectivity index (χ2v) is 6.80. The summed E-state index contributed by atoms with van der Waals surface area (Å²) in [6, 6.07) is 9.04. The minimum Gasteiger partial charge on any atom is -0.357 e. The van der Waals surface area contributed by atoms with Crippen molar-refractivity contribution in [1.29, 1.82) is 0 Å². The molecule has 1 fully saturated rings. The molecule has 1 aliphatic carbocycles. The largest absolute Gasteiger partial charge is 0.357 e. The van der Waals surface area contributed by atoms with E-state index >= 15 is 0 Å². The van der Waals surface area contributed by atoms with Crippen LogP contribution < -0.4 is 5.32 Å². The molecule has 100 valence electrons. The number of aryl methyl sites for hydroxylation is 1. The Morgan fingerprint density at radius 1 is 1.32 bits per heavy atom. The first-order valence-electron chi connectivity index (χ1n) is 6.59. The maximum Gasteiger partial charge on any atom is 0.205 e. The first-order chi connectivity index (χ1) is 9.26. The van der Waals surface area contributed by atoms with Crippen LogP contribution in [0.25, 0.3) is 0 Å². The first-order valence-corrected chi connectivity index (χ1v) is 8.20. The van der Waals surface area contributed by atoms with Gasteiger partial charge in [0.1, 0.15) is 5.01 Å². The van der Waals surface area contributed by atoms with Crippen molar-refractivity contribution in [1.82, 2.24) is 10.2 Å². The van der Waals surface area contributed by atoms with Crippen molar-refractivity contribution < 1.29 is 0 Å². The predicted octanol–water partition coefficient (Wildman–Crippen LogP) is 4.22. The third-order valence-corrected chi connectivity index (χ3v) is 5.30. The minimum absolute atomic E-state index is 0.537. The SMILES string of the molecule is CCc1nnc(NC2CC(c3ccccc3Br)C2)s1. The van der Waals surface area contributed by atoms with E-state index in [1.807, 2.05) is 0 Å². The minimum atomic E-state index is 0.537. The van der Waals surface area contributed by atoms with Crippen LogP contribution in [-0.4, -0.2) is 16.2 Å². The van der Waals surface area contributed by atoms with Crippen LogP contribution in [0.1, 0.15) is 36.3 Å². The predicted molar refractivity (Wildman–Crippen MR) is 82.8 cm³/mol. The van der Waals surface area contributed by atoms with Gasteiger partial charge in [-0.15, -0.1) is 10.2 Å². The summed E-state index contributed by atoms with van der Waals surface area (Å²) in [6.45, 7) is 2.11. The maximum atomic E-state index is 4.17. The molecule has 2 aromatic rings. The summed E-state index contributed by atoms with van der Waals surface area (Å²) in [7, 11) is 0. The average Bonchev–Trinajstić information content (AvgIpc) is 2.82. The summed E-state index contributed by atoms with van der Waals surface area (Å²) >= 11 is 5.30. The van der Waals surface area contributed by atoms with E-state index in [4.69, 9.17) is 0 Å². The van der Waals surface area contributed by atoms with Gasteiger partial charge in [0.25, 0.3) is 0 Å². The van der Waals surface area contributed by atoms with Gasteiger partial charge in [-0.1, -0.05) is 52.4 Å². The second-order valence-electron chi connectivity index (χ2n) is 4.89. The Balaban J connectivity index is 1.57. The number of benzene rings is 1. The number of nitrogens with one attached hydrogen (secondary N) is 1. The van der Waals surface area contributed by atoms with E-state index in [9.17, 15) is 0 Å². The van der Waals surface area contributed by atoms with Gasteiger partial charge in [-0.25, -0.2) is 0 Å². The number of aromatic nitrogens is 2. The lowest BCUT2D eigenvalue weighted by Crippen LogP contribution is -2.34. The van der Waals surface area contributed by atoms with E-state index in [-0.39, 0.29) is 0 Å². The molecule has 5 heteroatoms. The molecule has 0 saturated heterocycles. The van der Waals surface area contributed by atoms with Crippen LogP contribution in [-0.2, 0) is 6.42 Å². The zero-order chi connectivity index (χ0) is 13.2. The van der Waals surface area contributed by atoms with Crippen molar-refractivity contribution in [3.05, 3.63) is 39.3 Å². The van der Waals surface area contributed by atoms with E-state index in [2.05, 4.69) is 62.6 Å². The molecule has 0 radical (unpaired) electrons. The smallest absolute Gasteiger partial charge is 0.205 e. The Morgan fingerprint density at radius 2 is 2.11 bits per heavy atom. The molecule has 1 N–H and O–H groups in total. The standard InChI is InChI=1S/C14H16BrN3S/c1-2-13-17-18-14(19-13)16-10-7-9(8-10)11-5-3-4-6-12(11)15/h3-6,9-10H,2,7-8H2,1H3,(H,16,18). The molecule has 1 aromatic carbocycles. The molecule has 1 aliphatic rings. The topological polar surface area (TPSA) is 37.8 Å². The molecule has 0 unspecified atom stereocenters. The molecular weight excluding hydrogens is 322 g/mol. The van der Waals surface area contributed by atoms with Gasteiger partial charge in [-0.3, -0.25) is 0 Å². The van der Waals surface area contributed by atoms with Crippen LogP contribution in [0, 0.1) is 0 Å². The van der Waals surface area contributed by atoms with E-state index in [1.165, 1.54) is 22.9 Å². The molecule has 19 heavy (non-hydrogen) atoms. The lowest BCUT2D eigenvalue weighted by molar-refractivity contribution is 0.373. The third-order valence-electron chi connectivity index (χ3n) is 3.58. The number of rotatable bonds is 4. The van der Waals surface area contributed by atoms with Gasteiger partial charge < -0.3 is 5.32 Å². The Kier molecular flexibility index (Phi) is 3.84. The van der Waals surface area contributed by atoms with Crippen molar-refractivity contribution in [3.63, 3.8) is 0 Å². The molecule has 1 saturated carbocycles. The summed E-state index contributed by atoms with van der Waals surface area (Å²) < 4.78 is 1.22. The highest BCUT2D eigenvalue weighted by molar-refractivity contribution is 9.10. The highest BCUT2D eigenvalue weighted by Gasteiger charge is 2.31. The maximum absolute atomic E-state index is 4.17. The van der Waals surface area contributed by atoms with Gasteiger partial charge in [0.2, 0.25) is 5.13 Å². The first kappa shape index (κ1) is 13.1. The van der Waals surface area contributed by atoms with Crippen LogP contribution in [0.2, 0.25) is 0 Å². The monoisotopic (exact) mass is 337 g/mol. The fraction of sp³-hybridized carbons (Fsp3) is 0.429. The van der Waals surface area contributed by atoms with Crippen LogP contribution in [0.4, 0.5) is 5.13 Å². The molecule has 0 amide bonds. The van der Waals surface area contributed by atoms with Crippen molar-refractivity contribution >= 4 is 32.4 Å². The van der Waals surface area contributed by atoms with Crippen molar-refractivity contribution in [2.75, 3.05) is 5.32 Å². The van der Waals surface area contributed by atoms with E-state index in [1.54, 1.807) is 11.3 Å². The summed E-state index contributed by atoms with van der Waals surface area (Å²) in [5, 5.41) is 13.9. The summed E-state index contributed by atoms with van der Waals surface area (Å²) in [4.78, 5) is 0. The summed E-state index contributed by atoms with van der Waals surface area (Å²) in [5.41, 5.74) is 1.42. The fourth-order valence-electron chi connectivity index (χ4n) is 2.43. The normalized spacial score (nSPS) is 22.0. The van der Waals surface area contributed by atoms with Crippen LogP contribution in [0.3, 0.4) is 0 Å².